The van der Waals surface area contributed by atoms with Gasteiger partial charge < -0.3 is 9.42 Å². The predicted octanol–water partition coefficient (Wildman–Crippen LogP) is 5.55. The highest BCUT2D eigenvalue weighted by molar-refractivity contribution is 5.75. The van der Waals surface area contributed by atoms with Crippen molar-refractivity contribution >= 4 is 11.8 Å². The molecule has 2 heterocycles. The largest absolute Gasteiger partial charge is 0.369 e. The maximum absolute atomic E-state index is 14.3. The van der Waals surface area contributed by atoms with Gasteiger partial charge >= 0.3 is 0 Å². The van der Waals surface area contributed by atoms with E-state index in [1.165, 1.54) is 23.8 Å². The molecule has 0 unspecified atom stereocenters. The summed E-state index contributed by atoms with van der Waals surface area (Å²) >= 11 is 0. The van der Waals surface area contributed by atoms with Gasteiger partial charge in [-0.1, -0.05) is 22.9 Å². The Bertz CT molecular complexity index is 1100. The van der Waals surface area contributed by atoms with Crippen molar-refractivity contribution in [3.05, 3.63) is 77.1 Å². The van der Waals surface area contributed by atoms with Crippen LogP contribution in [0.5, 0.6) is 0 Å². The number of piperazine rings is 1. The van der Waals surface area contributed by atoms with E-state index in [1.54, 1.807) is 12.1 Å². The van der Waals surface area contributed by atoms with E-state index in [9.17, 15) is 8.78 Å². The molecule has 0 radical (unpaired) electrons. The third-order valence-electron chi connectivity index (χ3n) is 6.49. The van der Waals surface area contributed by atoms with Gasteiger partial charge in [-0.3, -0.25) is 4.90 Å². The first-order valence-corrected chi connectivity index (χ1v) is 11.3. The van der Waals surface area contributed by atoms with Crippen LogP contribution in [-0.2, 0) is 6.42 Å². The zero-order chi connectivity index (χ0) is 21.9. The van der Waals surface area contributed by atoms with Crippen LogP contribution in [0, 0.1) is 11.6 Å². The first-order chi connectivity index (χ1) is 15.7. The number of halogens is 2. The molecule has 0 amide bonds. The highest BCUT2D eigenvalue weighted by atomic mass is 19.1. The summed E-state index contributed by atoms with van der Waals surface area (Å²) in [4.78, 5) is 4.82. The number of aryl methyl sites for hydroxylation is 1. The van der Waals surface area contributed by atoms with Crippen LogP contribution >= 0.6 is 0 Å². The average molecular weight is 436 g/mol. The lowest BCUT2D eigenvalue weighted by atomic mass is 9.92. The first-order valence-electron chi connectivity index (χ1n) is 11.3. The fourth-order valence-corrected chi connectivity index (χ4v) is 4.67. The summed E-state index contributed by atoms with van der Waals surface area (Å²) < 4.78 is 32.9. The van der Waals surface area contributed by atoms with Crippen molar-refractivity contribution in [1.82, 2.24) is 10.1 Å². The number of nitrogens with zero attached hydrogens (tertiary/aromatic N) is 3. The Morgan fingerprint density at radius 2 is 1.69 bits per heavy atom. The van der Waals surface area contributed by atoms with Crippen molar-refractivity contribution in [2.75, 3.05) is 37.6 Å². The van der Waals surface area contributed by atoms with Crippen LogP contribution in [0.4, 0.5) is 14.5 Å². The summed E-state index contributed by atoms with van der Waals surface area (Å²) in [6.45, 7) is 5.02. The highest BCUT2D eigenvalue weighted by Gasteiger charge is 2.22. The van der Waals surface area contributed by atoms with Crippen LogP contribution in [0.3, 0.4) is 0 Å². The molecule has 2 aliphatic rings. The molecule has 1 saturated heterocycles. The molecule has 166 valence electrons. The average Bonchev–Trinajstić information content (AvgIpc) is 3.24. The van der Waals surface area contributed by atoms with Gasteiger partial charge in [0.2, 0.25) is 0 Å². The lowest BCUT2D eigenvalue weighted by Gasteiger charge is -2.36. The Kier molecular flexibility index (Phi) is 6.04. The zero-order valence-corrected chi connectivity index (χ0v) is 18.1. The number of allylic oxidation sites excluding steroid dienone is 1. The second kappa shape index (κ2) is 9.25. The minimum Gasteiger partial charge on any atom is -0.369 e. The Labute approximate surface area is 187 Å². The van der Waals surface area contributed by atoms with E-state index in [2.05, 4.69) is 21.0 Å². The molecule has 0 N–H and O–H groups in total. The van der Waals surface area contributed by atoms with Gasteiger partial charge in [-0.05, 0) is 68.3 Å². The topological polar surface area (TPSA) is 32.5 Å². The maximum atomic E-state index is 14.3. The third-order valence-corrected chi connectivity index (χ3v) is 6.49. The van der Waals surface area contributed by atoms with Crippen molar-refractivity contribution < 1.29 is 13.3 Å². The molecule has 0 saturated carbocycles. The summed E-state index contributed by atoms with van der Waals surface area (Å²) in [5, 5.41) is 4.16. The van der Waals surface area contributed by atoms with E-state index in [0.717, 1.165) is 75.4 Å². The van der Waals surface area contributed by atoms with Gasteiger partial charge in [0.05, 0.1) is 0 Å². The monoisotopic (exact) mass is 435 g/mol. The van der Waals surface area contributed by atoms with E-state index in [4.69, 9.17) is 4.52 Å². The summed E-state index contributed by atoms with van der Waals surface area (Å²) in [6, 6.07) is 13.5. The van der Waals surface area contributed by atoms with Gasteiger partial charge in [-0.2, -0.15) is 0 Å². The lowest BCUT2D eigenvalue weighted by Crippen LogP contribution is -2.46. The quantitative estimate of drug-likeness (QED) is 0.508. The van der Waals surface area contributed by atoms with Crippen LogP contribution in [0.15, 0.2) is 58.6 Å². The van der Waals surface area contributed by atoms with Crippen LogP contribution in [0.2, 0.25) is 0 Å². The van der Waals surface area contributed by atoms with Crippen LogP contribution in [0.1, 0.15) is 30.6 Å². The molecule has 1 aliphatic carbocycles. The first kappa shape index (κ1) is 20.9. The van der Waals surface area contributed by atoms with E-state index >= 15 is 0 Å². The number of fused-ring (bicyclic) bond motifs is 1. The minimum absolute atomic E-state index is 0.191. The molecule has 1 aliphatic heterocycles. The van der Waals surface area contributed by atoms with Crippen LogP contribution in [0.25, 0.3) is 17.3 Å². The van der Waals surface area contributed by atoms with E-state index in [-0.39, 0.29) is 11.6 Å². The normalized spacial score (nSPS) is 16.7. The standard InChI is InChI=1S/C26H27F2N3O/c27-20-8-10-21(11-9-20)31-16-14-30(15-17-31)13-3-4-19-7-12-25-23(18-19)26(29-32-25)22-5-1-2-6-24(22)28/h1-2,5-6,8-11,18H,3-4,7,12-17H2. The van der Waals surface area contributed by atoms with Gasteiger partial charge in [0.15, 0.2) is 0 Å². The molecular formula is C26H27F2N3O. The van der Waals surface area contributed by atoms with Gasteiger partial charge in [0.25, 0.3) is 0 Å². The van der Waals surface area contributed by atoms with E-state index in [0.29, 0.717) is 11.3 Å². The SMILES string of the molecule is Fc1ccc(N2CCN(CCCC3=Cc4c(-c5ccccc5F)noc4CC3)CC2)cc1. The van der Waals surface area contributed by atoms with Crippen molar-refractivity contribution in [3.8, 4) is 11.3 Å². The molecule has 4 nitrogen and oxygen atoms in total. The fraction of sp³-hybridized carbons (Fsp3) is 0.346. The molecule has 32 heavy (non-hydrogen) atoms. The molecular weight excluding hydrogens is 408 g/mol. The summed E-state index contributed by atoms with van der Waals surface area (Å²) in [5.74, 6) is 0.386. The summed E-state index contributed by atoms with van der Waals surface area (Å²) in [7, 11) is 0. The number of benzene rings is 2. The molecule has 0 spiro atoms. The molecule has 0 atom stereocenters. The van der Waals surface area contributed by atoms with Crippen LogP contribution in [-0.4, -0.2) is 42.8 Å². The molecule has 5 rings (SSSR count). The van der Waals surface area contributed by atoms with Gasteiger partial charge in [0, 0.05) is 49.4 Å². The molecule has 2 aromatic carbocycles. The molecule has 3 aromatic rings. The van der Waals surface area contributed by atoms with Crippen LogP contribution < -0.4 is 4.90 Å². The Balaban J connectivity index is 1.15. The Morgan fingerprint density at radius 3 is 2.47 bits per heavy atom. The van der Waals surface area contributed by atoms with Crippen molar-refractivity contribution in [3.63, 3.8) is 0 Å². The van der Waals surface area contributed by atoms with Crippen molar-refractivity contribution in [2.45, 2.75) is 25.7 Å². The Morgan fingerprint density at radius 1 is 0.906 bits per heavy atom. The highest BCUT2D eigenvalue weighted by Crippen LogP contribution is 2.34. The second-order valence-corrected chi connectivity index (χ2v) is 8.56. The number of hydrogen-bond donors (Lipinski definition) is 0. The van der Waals surface area contributed by atoms with Crippen molar-refractivity contribution in [2.24, 2.45) is 0 Å². The second-order valence-electron chi connectivity index (χ2n) is 8.56. The minimum atomic E-state index is -0.274. The van der Waals surface area contributed by atoms with Crippen molar-refractivity contribution in [1.29, 1.82) is 0 Å². The van der Waals surface area contributed by atoms with Gasteiger partial charge in [-0.15, -0.1) is 0 Å². The zero-order valence-electron chi connectivity index (χ0n) is 18.1. The summed E-state index contributed by atoms with van der Waals surface area (Å²) in [5.41, 5.74) is 4.50. The molecule has 1 aromatic heterocycles. The smallest absolute Gasteiger partial charge is 0.144 e. The maximum Gasteiger partial charge on any atom is 0.144 e. The lowest BCUT2D eigenvalue weighted by molar-refractivity contribution is 0.255. The molecule has 6 heteroatoms. The van der Waals surface area contributed by atoms with Gasteiger partial charge in [0.1, 0.15) is 23.1 Å². The summed E-state index contributed by atoms with van der Waals surface area (Å²) in [6.07, 6.45) is 6.07. The molecule has 1 fully saturated rings. The number of aromatic nitrogens is 1. The fourth-order valence-electron chi connectivity index (χ4n) is 4.67. The van der Waals surface area contributed by atoms with Gasteiger partial charge in [-0.25, -0.2) is 8.78 Å². The number of anilines is 1. The number of hydrogen-bond acceptors (Lipinski definition) is 4. The van der Waals surface area contributed by atoms with E-state index < -0.39 is 0 Å². The van der Waals surface area contributed by atoms with E-state index in [1.807, 2.05) is 18.2 Å². The predicted molar refractivity (Wildman–Crippen MR) is 122 cm³/mol. The third kappa shape index (κ3) is 4.46. The Hall–Kier alpha value is -2.99. The number of rotatable bonds is 6. The molecule has 0 bridgehead atoms.